The summed E-state index contributed by atoms with van der Waals surface area (Å²) in [5.74, 6) is 0.372. The normalized spacial score (nSPS) is 11.9. The van der Waals surface area contributed by atoms with Gasteiger partial charge in [-0.2, -0.15) is 0 Å². The number of hydrogen-bond donors (Lipinski definition) is 2. The van der Waals surface area contributed by atoms with Crippen molar-refractivity contribution in [3.8, 4) is 0 Å². The molecule has 2 aromatic rings. The van der Waals surface area contributed by atoms with Gasteiger partial charge in [-0.05, 0) is 23.6 Å². The third kappa shape index (κ3) is 3.93. The van der Waals surface area contributed by atoms with Gasteiger partial charge in [0, 0.05) is 18.2 Å². The Morgan fingerprint density at radius 2 is 2.05 bits per heavy atom. The summed E-state index contributed by atoms with van der Waals surface area (Å²) in [5.41, 5.74) is 7.41. The minimum Gasteiger partial charge on any atom is -0.399 e. The van der Waals surface area contributed by atoms with Gasteiger partial charge in [-0.1, -0.05) is 30.7 Å². The average Bonchev–Trinajstić information content (AvgIpc) is 2.39. The van der Waals surface area contributed by atoms with Crippen molar-refractivity contribution in [1.29, 1.82) is 0 Å². The highest BCUT2D eigenvalue weighted by Crippen LogP contribution is 2.20. The van der Waals surface area contributed by atoms with Crippen LogP contribution in [-0.2, 0) is 4.79 Å². The lowest BCUT2D eigenvalue weighted by atomic mass is 9.97. The molecule has 6 heteroatoms. The highest BCUT2D eigenvalue weighted by Gasteiger charge is 2.12. The fraction of sp³-hybridized carbons (Fsp3) is 0.214. The number of aromatic nitrogens is 2. The molecule has 1 unspecified atom stereocenters. The maximum absolute atomic E-state index is 11.9. The Labute approximate surface area is 122 Å². The molecule has 1 amide bonds. The highest BCUT2D eigenvalue weighted by atomic mass is 35.5. The number of nitrogens with zero attached hydrogens (tertiary/aromatic N) is 2. The Kier molecular flexibility index (Phi) is 4.53. The number of nitrogen functional groups attached to an aromatic ring is 1. The summed E-state index contributed by atoms with van der Waals surface area (Å²) in [4.78, 5) is 19.6. The second kappa shape index (κ2) is 6.34. The number of anilines is 2. The molecule has 3 N–H and O–H groups in total. The number of nitrogens with one attached hydrogen (secondary N) is 1. The van der Waals surface area contributed by atoms with Crippen LogP contribution in [0.1, 0.15) is 24.8 Å². The summed E-state index contributed by atoms with van der Waals surface area (Å²) < 4.78 is 0. The summed E-state index contributed by atoms with van der Waals surface area (Å²) in [5, 5.41) is 2.99. The predicted molar refractivity (Wildman–Crippen MR) is 79.6 cm³/mol. The largest absolute Gasteiger partial charge is 0.399 e. The Balaban J connectivity index is 1.95. The number of rotatable bonds is 4. The molecule has 104 valence electrons. The number of carbonyl (C=O) groups excluding carboxylic acids is 1. The van der Waals surface area contributed by atoms with E-state index in [1.807, 2.05) is 31.2 Å². The Bertz CT molecular complexity index is 600. The fourth-order valence-electron chi connectivity index (χ4n) is 1.82. The van der Waals surface area contributed by atoms with Gasteiger partial charge in [-0.3, -0.25) is 4.79 Å². The van der Waals surface area contributed by atoms with Gasteiger partial charge in [-0.25, -0.2) is 9.97 Å². The zero-order chi connectivity index (χ0) is 14.5. The van der Waals surface area contributed by atoms with Crippen LogP contribution in [0, 0.1) is 0 Å². The summed E-state index contributed by atoms with van der Waals surface area (Å²) in [6, 6.07) is 9.01. The number of hydrogen-bond acceptors (Lipinski definition) is 4. The van der Waals surface area contributed by atoms with Crippen LogP contribution in [0.2, 0.25) is 5.15 Å². The van der Waals surface area contributed by atoms with E-state index >= 15 is 0 Å². The average molecular weight is 291 g/mol. The molecular weight excluding hydrogens is 276 g/mol. The van der Waals surface area contributed by atoms with E-state index in [0.717, 1.165) is 5.56 Å². The summed E-state index contributed by atoms with van der Waals surface area (Å²) >= 11 is 5.73. The first-order valence-corrected chi connectivity index (χ1v) is 6.55. The van der Waals surface area contributed by atoms with Crippen molar-refractivity contribution in [2.45, 2.75) is 19.3 Å². The standard InChI is InChI=1S/C14H15ClN4O/c1-9(10-2-4-11(16)5-3-10)6-14(20)19-13-7-12(15)17-8-18-13/h2-5,7-9H,6,16H2,1H3,(H,17,18,19,20). The zero-order valence-corrected chi connectivity index (χ0v) is 11.8. The Morgan fingerprint density at radius 1 is 1.35 bits per heavy atom. The van der Waals surface area contributed by atoms with Crippen LogP contribution < -0.4 is 11.1 Å². The van der Waals surface area contributed by atoms with E-state index in [2.05, 4.69) is 15.3 Å². The number of amides is 1. The topological polar surface area (TPSA) is 80.9 Å². The van der Waals surface area contributed by atoms with Crippen LogP contribution in [0.3, 0.4) is 0 Å². The van der Waals surface area contributed by atoms with Crippen LogP contribution in [0.5, 0.6) is 0 Å². The number of nitrogens with two attached hydrogens (primary N) is 1. The van der Waals surface area contributed by atoms with Gasteiger partial charge in [0.2, 0.25) is 5.91 Å². The smallest absolute Gasteiger partial charge is 0.226 e. The van der Waals surface area contributed by atoms with Gasteiger partial charge in [0.25, 0.3) is 0 Å². The van der Waals surface area contributed by atoms with Crippen molar-refractivity contribution >= 4 is 29.0 Å². The molecule has 0 fully saturated rings. The molecule has 0 bridgehead atoms. The molecule has 20 heavy (non-hydrogen) atoms. The van der Waals surface area contributed by atoms with Crippen LogP contribution >= 0.6 is 11.6 Å². The van der Waals surface area contributed by atoms with Crippen LogP contribution in [0.4, 0.5) is 11.5 Å². The van der Waals surface area contributed by atoms with Gasteiger partial charge in [0.05, 0.1) is 0 Å². The predicted octanol–water partition coefficient (Wildman–Crippen LogP) is 2.84. The molecule has 0 radical (unpaired) electrons. The zero-order valence-electron chi connectivity index (χ0n) is 11.0. The quantitative estimate of drug-likeness (QED) is 0.670. The first kappa shape index (κ1) is 14.3. The van der Waals surface area contributed by atoms with Gasteiger partial charge in [-0.15, -0.1) is 0 Å². The maximum atomic E-state index is 11.9. The van der Waals surface area contributed by atoms with Crippen molar-refractivity contribution in [1.82, 2.24) is 9.97 Å². The van der Waals surface area contributed by atoms with E-state index in [1.54, 1.807) is 0 Å². The molecule has 0 saturated carbocycles. The molecule has 0 aliphatic rings. The number of carbonyl (C=O) groups is 1. The SMILES string of the molecule is CC(CC(=O)Nc1cc(Cl)ncn1)c1ccc(N)cc1. The molecule has 1 aromatic carbocycles. The van der Waals surface area contributed by atoms with Crippen molar-refractivity contribution in [2.24, 2.45) is 0 Å². The summed E-state index contributed by atoms with van der Waals surface area (Å²) in [7, 11) is 0. The van der Waals surface area contributed by atoms with Crippen LogP contribution in [-0.4, -0.2) is 15.9 Å². The lowest BCUT2D eigenvalue weighted by molar-refractivity contribution is -0.116. The van der Waals surface area contributed by atoms with Gasteiger partial charge < -0.3 is 11.1 Å². The van der Waals surface area contributed by atoms with Crippen LogP contribution in [0.25, 0.3) is 0 Å². The second-order valence-electron chi connectivity index (χ2n) is 4.55. The van der Waals surface area contributed by atoms with E-state index in [9.17, 15) is 4.79 Å². The van der Waals surface area contributed by atoms with Gasteiger partial charge in [0.15, 0.2) is 0 Å². The minimum atomic E-state index is -0.121. The van der Waals surface area contributed by atoms with E-state index < -0.39 is 0 Å². The fourth-order valence-corrected chi connectivity index (χ4v) is 1.96. The van der Waals surface area contributed by atoms with E-state index in [0.29, 0.717) is 23.1 Å². The maximum Gasteiger partial charge on any atom is 0.226 e. The van der Waals surface area contributed by atoms with E-state index in [4.69, 9.17) is 17.3 Å². The molecule has 0 aliphatic carbocycles. The summed E-state index contributed by atoms with van der Waals surface area (Å²) in [6.45, 7) is 1.98. The molecule has 1 aromatic heterocycles. The van der Waals surface area contributed by atoms with E-state index in [1.165, 1.54) is 12.4 Å². The van der Waals surface area contributed by atoms with Crippen molar-refractivity contribution in [3.05, 3.63) is 47.4 Å². The Hall–Kier alpha value is -2.14. The molecule has 0 spiro atoms. The molecule has 5 nitrogen and oxygen atoms in total. The first-order valence-electron chi connectivity index (χ1n) is 6.17. The lowest BCUT2D eigenvalue weighted by Crippen LogP contribution is -2.15. The first-order chi connectivity index (χ1) is 9.54. The molecule has 0 aliphatic heterocycles. The van der Waals surface area contributed by atoms with Gasteiger partial charge in [0.1, 0.15) is 17.3 Å². The molecule has 1 atom stereocenters. The minimum absolute atomic E-state index is 0.0907. The van der Waals surface area contributed by atoms with E-state index in [-0.39, 0.29) is 11.8 Å². The second-order valence-corrected chi connectivity index (χ2v) is 4.93. The van der Waals surface area contributed by atoms with Crippen molar-refractivity contribution in [2.75, 3.05) is 11.1 Å². The summed E-state index contributed by atoms with van der Waals surface area (Å²) in [6.07, 6.45) is 1.66. The molecule has 1 heterocycles. The third-order valence-corrected chi connectivity index (χ3v) is 3.10. The Morgan fingerprint density at radius 3 is 2.70 bits per heavy atom. The number of halogens is 1. The third-order valence-electron chi connectivity index (χ3n) is 2.90. The highest BCUT2D eigenvalue weighted by molar-refractivity contribution is 6.29. The number of benzene rings is 1. The van der Waals surface area contributed by atoms with Gasteiger partial charge >= 0.3 is 0 Å². The monoisotopic (exact) mass is 290 g/mol. The van der Waals surface area contributed by atoms with Crippen molar-refractivity contribution in [3.63, 3.8) is 0 Å². The molecule has 2 rings (SSSR count). The molecular formula is C14H15ClN4O. The lowest BCUT2D eigenvalue weighted by Gasteiger charge is -2.12. The van der Waals surface area contributed by atoms with Crippen LogP contribution in [0.15, 0.2) is 36.7 Å². The van der Waals surface area contributed by atoms with Crippen molar-refractivity contribution < 1.29 is 4.79 Å². The molecule has 0 saturated heterocycles.